The highest BCUT2D eigenvalue weighted by Crippen LogP contribution is 2.32. The SMILES string of the molecule is C=CCN1C[C@@H]2C(=O)N(C)C(=O)[C@@H]2C1. The average molecular weight is 194 g/mol. The van der Waals surface area contributed by atoms with Gasteiger partial charge in [-0.3, -0.25) is 19.4 Å². The van der Waals surface area contributed by atoms with Crippen LogP contribution >= 0.6 is 0 Å². The van der Waals surface area contributed by atoms with Crippen LogP contribution in [-0.2, 0) is 9.59 Å². The Bertz CT molecular complexity index is 276. The topological polar surface area (TPSA) is 40.6 Å². The van der Waals surface area contributed by atoms with E-state index in [9.17, 15) is 9.59 Å². The molecule has 0 aromatic heterocycles. The summed E-state index contributed by atoms with van der Waals surface area (Å²) in [6, 6.07) is 0. The summed E-state index contributed by atoms with van der Waals surface area (Å²) in [7, 11) is 1.57. The van der Waals surface area contributed by atoms with E-state index in [0.29, 0.717) is 13.1 Å². The molecule has 2 amide bonds. The first kappa shape index (κ1) is 9.40. The highest BCUT2D eigenvalue weighted by Gasteiger charge is 2.50. The highest BCUT2D eigenvalue weighted by molar-refractivity contribution is 6.05. The lowest BCUT2D eigenvalue weighted by Crippen LogP contribution is -2.33. The number of hydrogen-bond acceptors (Lipinski definition) is 3. The molecule has 0 aromatic rings. The molecule has 76 valence electrons. The van der Waals surface area contributed by atoms with Crippen molar-refractivity contribution >= 4 is 11.8 Å². The molecule has 2 fully saturated rings. The van der Waals surface area contributed by atoms with Crippen molar-refractivity contribution in [2.75, 3.05) is 26.7 Å². The molecule has 0 N–H and O–H groups in total. The van der Waals surface area contributed by atoms with Crippen LogP contribution in [0.5, 0.6) is 0 Å². The van der Waals surface area contributed by atoms with E-state index in [-0.39, 0.29) is 23.7 Å². The molecule has 2 atom stereocenters. The Labute approximate surface area is 83.2 Å². The van der Waals surface area contributed by atoms with E-state index >= 15 is 0 Å². The second kappa shape index (κ2) is 3.20. The quantitative estimate of drug-likeness (QED) is 0.448. The van der Waals surface area contributed by atoms with Gasteiger partial charge in [-0.2, -0.15) is 0 Å². The van der Waals surface area contributed by atoms with Crippen LogP contribution < -0.4 is 0 Å². The minimum atomic E-state index is -0.104. The van der Waals surface area contributed by atoms with E-state index in [2.05, 4.69) is 11.5 Å². The van der Waals surface area contributed by atoms with Crippen molar-refractivity contribution in [2.45, 2.75) is 0 Å². The van der Waals surface area contributed by atoms with Gasteiger partial charge < -0.3 is 0 Å². The molecule has 0 bridgehead atoms. The van der Waals surface area contributed by atoms with E-state index in [1.54, 1.807) is 13.1 Å². The Morgan fingerprint density at radius 2 is 1.86 bits per heavy atom. The van der Waals surface area contributed by atoms with Gasteiger partial charge in [-0.05, 0) is 0 Å². The fraction of sp³-hybridized carbons (Fsp3) is 0.600. The van der Waals surface area contributed by atoms with Crippen molar-refractivity contribution in [1.29, 1.82) is 0 Å². The lowest BCUT2D eigenvalue weighted by molar-refractivity contribution is -0.138. The van der Waals surface area contributed by atoms with Crippen molar-refractivity contribution in [3.05, 3.63) is 12.7 Å². The third-order valence-electron chi connectivity index (χ3n) is 3.08. The Kier molecular flexibility index (Phi) is 2.15. The molecule has 0 aliphatic carbocycles. The Balaban J connectivity index is 2.12. The molecular weight excluding hydrogens is 180 g/mol. The molecule has 4 nitrogen and oxygen atoms in total. The Hall–Kier alpha value is -1.16. The van der Waals surface area contributed by atoms with Gasteiger partial charge in [0.25, 0.3) is 0 Å². The van der Waals surface area contributed by atoms with Crippen molar-refractivity contribution < 1.29 is 9.59 Å². The van der Waals surface area contributed by atoms with E-state index < -0.39 is 0 Å². The van der Waals surface area contributed by atoms with Gasteiger partial charge in [-0.15, -0.1) is 6.58 Å². The number of imide groups is 1. The third kappa shape index (κ3) is 1.18. The van der Waals surface area contributed by atoms with Gasteiger partial charge in [-0.1, -0.05) is 6.08 Å². The van der Waals surface area contributed by atoms with Crippen LogP contribution in [0.4, 0.5) is 0 Å². The second-order valence-corrected chi connectivity index (χ2v) is 3.96. The summed E-state index contributed by atoms with van der Waals surface area (Å²) in [6.45, 7) is 5.81. The number of fused-ring (bicyclic) bond motifs is 1. The van der Waals surface area contributed by atoms with E-state index in [4.69, 9.17) is 0 Å². The van der Waals surface area contributed by atoms with Crippen LogP contribution in [-0.4, -0.2) is 48.3 Å². The average Bonchev–Trinajstić information content (AvgIpc) is 2.65. The largest absolute Gasteiger partial charge is 0.298 e. The summed E-state index contributed by atoms with van der Waals surface area (Å²) < 4.78 is 0. The predicted molar refractivity (Wildman–Crippen MR) is 51.4 cm³/mol. The molecule has 4 heteroatoms. The smallest absolute Gasteiger partial charge is 0.234 e. The number of carbonyl (C=O) groups is 2. The number of amides is 2. The summed E-state index contributed by atoms with van der Waals surface area (Å²) in [6.07, 6.45) is 1.81. The normalized spacial score (nSPS) is 32.5. The van der Waals surface area contributed by atoms with Gasteiger partial charge in [-0.25, -0.2) is 0 Å². The van der Waals surface area contributed by atoms with E-state index in [1.165, 1.54) is 4.90 Å². The third-order valence-corrected chi connectivity index (χ3v) is 3.08. The van der Waals surface area contributed by atoms with Gasteiger partial charge in [0.15, 0.2) is 0 Å². The van der Waals surface area contributed by atoms with Gasteiger partial charge in [0.2, 0.25) is 11.8 Å². The van der Waals surface area contributed by atoms with Gasteiger partial charge in [0.1, 0.15) is 0 Å². The van der Waals surface area contributed by atoms with Crippen LogP contribution in [0.15, 0.2) is 12.7 Å². The van der Waals surface area contributed by atoms with Crippen molar-refractivity contribution in [3.63, 3.8) is 0 Å². The summed E-state index contributed by atoms with van der Waals surface area (Å²) in [5.74, 6) is -0.252. The molecule has 14 heavy (non-hydrogen) atoms. The number of rotatable bonds is 2. The molecule has 0 spiro atoms. The summed E-state index contributed by atoms with van der Waals surface area (Å²) in [5.41, 5.74) is 0. The first-order valence-corrected chi connectivity index (χ1v) is 4.80. The van der Waals surface area contributed by atoms with Crippen molar-refractivity contribution in [1.82, 2.24) is 9.80 Å². The lowest BCUT2D eigenvalue weighted by Gasteiger charge is -2.15. The molecule has 0 radical (unpaired) electrons. The van der Waals surface area contributed by atoms with Gasteiger partial charge in [0.05, 0.1) is 11.8 Å². The van der Waals surface area contributed by atoms with E-state index in [1.807, 2.05) is 0 Å². The molecular formula is C10H14N2O2. The predicted octanol–water partition coefficient (Wildman–Crippen LogP) is -0.281. The van der Waals surface area contributed by atoms with Crippen molar-refractivity contribution in [2.24, 2.45) is 11.8 Å². The van der Waals surface area contributed by atoms with Crippen molar-refractivity contribution in [3.8, 4) is 0 Å². The monoisotopic (exact) mass is 194 g/mol. The minimum absolute atomic E-state index is 0.0217. The number of carbonyl (C=O) groups excluding carboxylic acids is 2. The van der Waals surface area contributed by atoms with Crippen LogP contribution in [0.1, 0.15) is 0 Å². The zero-order valence-electron chi connectivity index (χ0n) is 8.27. The van der Waals surface area contributed by atoms with Crippen LogP contribution in [0.3, 0.4) is 0 Å². The maximum absolute atomic E-state index is 11.6. The van der Waals surface area contributed by atoms with Crippen LogP contribution in [0.2, 0.25) is 0 Å². The Morgan fingerprint density at radius 3 is 2.29 bits per heavy atom. The zero-order chi connectivity index (χ0) is 10.3. The zero-order valence-corrected chi connectivity index (χ0v) is 8.27. The minimum Gasteiger partial charge on any atom is -0.298 e. The number of likely N-dealkylation sites (tertiary alicyclic amines) is 2. The van der Waals surface area contributed by atoms with Gasteiger partial charge >= 0.3 is 0 Å². The highest BCUT2D eigenvalue weighted by atomic mass is 16.2. The lowest BCUT2D eigenvalue weighted by atomic mass is 10.00. The standard InChI is InChI=1S/C10H14N2O2/c1-3-4-12-5-7-8(6-12)10(14)11(2)9(7)13/h3,7-8H,1,4-6H2,2H3/t7-,8+. The molecule has 0 aromatic carbocycles. The molecule has 2 saturated heterocycles. The second-order valence-electron chi connectivity index (χ2n) is 3.96. The molecule has 2 aliphatic rings. The summed E-state index contributed by atoms with van der Waals surface area (Å²) in [4.78, 5) is 26.6. The Morgan fingerprint density at radius 1 is 1.36 bits per heavy atom. The first-order chi connectivity index (χ1) is 6.65. The maximum atomic E-state index is 11.6. The molecule has 2 heterocycles. The molecule has 0 unspecified atom stereocenters. The number of nitrogens with zero attached hydrogens (tertiary/aromatic N) is 2. The maximum Gasteiger partial charge on any atom is 0.234 e. The fourth-order valence-corrected chi connectivity index (χ4v) is 2.32. The molecule has 0 saturated carbocycles. The first-order valence-electron chi connectivity index (χ1n) is 4.80. The number of hydrogen-bond donors (Lipinski definition) is 0. The fourth-order valence-electron chi connectivity index (χ4n) is 2.32. The van der Waals surface area contributed by atoms with Crippen LogP contribution in [0, 0.1) is 11.8 Å². The molecule has 2 rings (SSSR count). The van der Waals surface area contributed by atoms with Gasteiger partial charge in [0, 0.05) is 26.7 Å². The molecule has 2 aliphatic heterocycles. The summed E-state index contributed by atoms with van der Waals surface area (Å²) in [5, 5.41) is 0. The van der Waals surface area contributed by atoms with Crippen LogP contribution in [0.25, 0.3) is 0 Å². The van der Waals surface area contributed by atoms with E-state index in [0.717, 1.165) is 6.54 Å². The summed E-state index contributed by atoms with van der Waals surface area (Å²) >= 11 is 0.